The molecule has 2 N–H and O–H groups in total. The molecule has 2 aromatic heterocycles. The second kappa shape index (κ2) is 5.36. The molecule has 0 radical (unpaired) electrons. The van der Waals surface area contributed by atoms with Crippen molar-refractivity contribution < 1.29 is 4.79 Å². The maximum Gasteiger partial charge on any atom is 0.254 e. The van der Waals surface area contributed by atoms with Gasteiger partial charge in [-0.05, 0) is 19.9 Å². The number of carbonyl (C=O) groups excluding carboxylic acids is 1. The molecule has 0 saturated carbocycles. The second-order valence-electron chi connectivity index (χ2n) is 4.59. The van der Waals surface area contributed by atoms with E-state index in [2.05, 4.69) is 20.6 Å². The number of hydrogen-bond acceptors (Lipinski definition) is 5. The molecule has 0 unspecified atom stereocenters. The molecular weight excluding hydrogens is 260 g/mol. The lowest BCUT2D eigenvalue weighted by Gasteiger charge is -2.24. The zero-order valence-electron chi connectivity index (χ0n) is 11.1. The molecule has 1 amide bonds. The molecular formula is C13H16N4OS. The SMILES string of the molecule is CNc1cnccc1C(=O)NC(C)(C)c1nccs1. The van der Waals surface area contributed by atoms with Gasteiger partial charge in [0.15, 0.2) is 0 Å². The van der Waals surface area contributed by atoms with Gasteiger partial charge in [0.2, 0.25) is 0 Å². The highest BCUT2D eigenvalue weighted by atomic mass is 32.1. The smallest absolute Gasteiger partial charge is 0.254 e. The number of carbonyl (C=O) groups is 1. The normalized spacial score (nSPS) is 11.1. The van der Waals surface area contributed by atoms with Gasteiger partial charge in [-0.1, -0.05) is 0 Å². The van der Waals surface area contributed by atoms with E-state index in [4.69, 9.17) is 0 Å². The number of hydrogen-bond donors (Lipinski definition) is 2. The fourth-order valence-corrected chi connectivity index (χ4v) is 2.45. The van der Waals surface area contributed by atoms with E-state index in [-0.39, 0.29) is 5.91 Å². The lowest BCUT2D eigenvalue weighted by molar-refractivity contribution is 0.0912. The van der Waals surface area contributed by atoms with Crippen molar-refractivity contribution in [3.63, 3.8) is 0 Å². The fourth-order valence-electron chi connectivity index (χ4n) is 1.73. The molecule has 0 aliphatic rings. The highest BCUT2D eigenvalue weighted by Gasteiger charge is 2.26. The molecule has 19 heavy (non-hydrogen) atoms. The molecule has 5 nitrogen and oxygen atoms in total. The van der Waals surface area contributed by atoms with Gasteiger partial charge < -0.3 is 10.6 Å². The highest BCUT2D eigenvalue weighted by Crippen LogP contribution is 2.23. The number of anilines is 1. The van der Waals surface area contributed by atoms with E-state index in [0.717, 1.165) is 5.01 Å². The first kappa shape index (κ1) is 13.5. The van der Waals surface area contributed by atoms with Crippen LogP contribution in [0.4, 0.5) is 5.69 Å². The molecule has 2 heterocycles. The topological polar surface area (TPSA) is 66.9 Å². The lowest BCUT2D eigenvalue weighted by atomic mass is 10.1. The first-order valence-electron chi connectivity index (χ1n) is 5.89. The molecule has 0 spiro atoms. The largest absolute Gasteiger partial charge is 0.386 e. The first-order valence-corrected chi connectivity index (χ1v) is 6.77. The summed E-state index contributed by atoms with van der Waals surface area (Å²) >= 11 is 1.52. The Hall–Kier alpha value is -1.95. The standard InChI is InChI=1S/C13H16N4OS/c1-13(2,12-16-6-7-19-12)17-11(18)9-4-5-15-8-10(9)14-3/h4-8,14H,1-3H3,(H,17,18). The van der Waals surface area contributed by atoms with Crippen LogP contribution >= 0.6 is 11.3 Å². The third-order valence-corrected chi connectivity index (χ3v) is 3.82. The Labute approximate surface area is 116 Å². The van der Waals surface area contributed by atoms with Crippen LogP contribution in [-0.4, -0.2) is 22.9 Å². The number of aromatic nitrogens is 2. The molecule has 0 aliphatic carbocycles. The van der Waals surface area contributed by atoms with Crippen LogP contribution in [0.5, 0.6) is 0 Å². The Kier molecular flexibility index (Phi) is 3.80. The zero-order chi connectivity index (χ0) is 13.9. The summed E-state index contributed by atoms with van der Waals surface area (Å²) in [6.45, 7) is 3.87. The van der Waals surface area contributed by atoms with E-state index in [0.29, 0.717) is 11.3 Å². The van der Waals surface area contributed by atoms with Crippen LogP contribution in [0.2, 0.25) is 0 Å². The Morgan fingerprint density at radius 1 is 1.37 bits per heavy atom. The average molecular weight is 276 g/mol. The van der Waals surface area contributed by atoms with Gasteiger partial charge in [0.05, 0.1) is 23.0 Å². The Balaban J connectivity index is 2.22. The summed E-state index contributed by atoms with van der Waals surface area (Å²) in [5, 5.41) is 8.72. The minimum Gasteiger partial charge on any atom is -0.386 e. The number of nitrogens with one attached hydrogen (secondary N) is 2. The van der Waals surface area contributed by atoms with Crippen LogP contribution in [0.3, 0.4) is 0 Å². The quantitative estimate of drug-likeness (QED) is 0.898. The van der Waals surface area contributed by atoms with Crippen molar-refractivity contribution in [1.82, 2.24) is 15.3 Å². The number of thiazole rings is 1. The molecule has 100 valence electrons. The van der Waals surface area contributed by atoms with Crippen molar-refractivity contribution in [1.29, 1.82) is 0 Å². The second-order valence-corrected chi connectivity index (χ2v) is 5.48. The molecule has 0 bridgehead atoms. The van der Waals surface area contributed by atoms with Crippen molar-refractivity contribution in [3.05, 3.63) is 40.6 Å². The molecule has 6 heteroatoms. The maximum atomic E-state index is 12.3. The number of pyridine rings is 1. The molecule has 0 aromatic carbocycles. The summed E-state index contributed by atoms with van der Waals surface area (Å²) in [5.41, 5.74) is 0.775. The summed E-state index contributed by atoms with van der Waals surface area (Å²) in [7, 11) is 1.76. The van der Waals surface area contributed by atoms with Gasteiger partial charge in [0.1, 0.15) is 5.01 Å². The monoisotopic (exact) mass is 276 g/mol. The first-order chi connectivity index (χ1) is 9.04. The van der Waals surface area contributed by atoms with Crippen molar-refractivity contribution >= 4 is 22.9 Å². The van der Waals surface area contributed by atoms with Gasteiger partial charge in [-0.15, -0.1) is 11.3 Å². The van der Waals surface area contributed by atoms with E-state index in [1.807, 2.05) is 19.2 Å². The van der Waals surface area contributed by atoms with Crippen LogP contribution in [-0.2, 0) is 5.54 Å². The predicted molar refractivity (Wildman–Crippen MR) is 76.4 cm³/mol. The zero-order valence-corrected chi connectivity index (χ0v) is 11.9. The molecule has 0 aliphatic heterocycles. The van der Waals surface area contributed by atoms with Crippen molar-refractivity contribution in [2.45, 2.75) is 19.4 Å². The average Bonchev–Trinajstić information content (AvgIpc) is 2.93. The summed E-state index contributed by atoms with van der Waals surface area (Å²) in [6.07, 6.45) is 4.97. The van der Waals surface area contributed by atoms with E-state index < -0.39 is 5.54 Å². The number of amides is 1. The third-order valence-electron chi connectivity index (χ3n) is 2.73. The third kappa shape index (κ3) is 2.90. The summed E-state index contributed by atoms with van der Waals surface area (Å²) in [4.78, 5) is 20.6. The van der Waals surface area contributed by atoms with Crippen LogP contribution < -0.4 is 10.6 Å². The molecule has 0 fully saturated rings. The molecule has 0 saturated heterocycles. The van der Waals surface area contributed by atoms with Gasteiger partial charge in [-0.2, -0.15) is 0 Å². The van der Waals surface area contributed by atoms with Crippen molar-refractivity contribution in [3.8, 4) is 0 Å². The van der Waals surface area contributed by atoms with E-state index in [1.54, 1.807) is 31.7 Å². The number of nitrogens with zero attached hydrogens (tertiary/aromatic N) is 2. The molecule has 0 atom stereocenters. The lowest BCUT2D eigenvalue weighted by Crippen LogP contribution is -2.41. The summed E-state index contributed by atoms with van der Waals surface area (Å²) in [6, 6.07) is 1.69. The van der Waals surface area contributed by atoms with Crippen LogP contribution in [0, 0.1) is 0 Å². The van der Waals surface area contributed by atoms with Crippen LogP contribution in [0.1, 0.15) is 29.2 Å². The molecule has 2 aromatic rings. The summed E-state index contributed by atoms with van der Waals surface area (Å²) in [5.74, 6) is -0.146. The van der Waals surface area contributed by atoms with Gasteiger partial charge in [-0.3, -0.25) is 9.78 Å². The number of rotatable bonds is 4. The van der Waals surface area contributed by atoms with Gasteiger partial charge in [0.25, 0.3) is 5.91 Å². The fraction of sp³-hybridized carbons (Fsp3) is 0.308. The van der Waals surface area contributed by atoms with E-state index >= 15 is 0 Å². The summed E-state index contributed by atoms with van der Waals surface area (Å²) < 4.78 is 0. The van der Waals surface area contributed by atoms with Crippen LogP contribution in [0.15, 0.2) is 30.0 Å². The van der Waals surface area contributed by atoms with Gasteiger partial charge in [0, 0.05) is 24.8 Å². The Morgan fingerprint density at radius 3 is 2.79 bits per heavy atom. The predicted octanol–water partition coefficient (Wildman–Crippen LogP) is 2.24. The van der Waals surface area contributed by atoms with Gasteiger partial charge >= 0.3 is 0 Å². The Morgan fingerprint density at radius 2 is 2.16 bits per heavy atom. The van der Waals surface area contributed by atoms with E-state index in [1.165, 1.54) is 11.3 Å². The van der Waals surface area contributed by atoms with Crippen LogP contribution in [0.25, 0.3) is 0 Å². The minimum atomic E-state index is -0.500. The maximum absolute atomic E-state index is 12.3. The van der Waals surface area contributed by atoms with Crippen molar-refractivity contribution in [2.24, 2.45) is 0 Å². The minimum absolute atomic E-state index is 0.146. The molecule has 2 rings (SSSR count). The van der Waals surface area contributed by atoms with Crippen molar-refractivity contribution in [2.75, 3.05) is 12.4 Å². The van der Waals surface area contributed by atoms with Gasteiger partial charge in [-0.25, -0.2) is 4.98 Å². The highest BCUT2D eigenvalue weighted by molar-refractivity contribution is 7.09. The van der Waals surface area contributed by atoms with E-state index in [9.17, 15) is 4.79 Å². The Bertz CT molecular complexity index is 566.